The van der Waals surface area contributed by atoms with Gasteiger partial charge in [0, 0.05) is 12.3 Å². The first-order valence-corrected chi connectivity index (χ1v) is 11.5. The Morgan fingerprint density at radius 1 is 1.05 bits per heavy atom. The Morgan fingerprint density at radius 3 is 2.43 bits per heavy atom. The Bertz CT molecular complexity index is 1570. The molecule has 0 spiro atoms. The highest BCUT2D eigenvalue weighted by atomic mass is 35.5. The predicted octanol–water partition coefficient (Wildman–Crippen LogP) is 3.35. The van der Waals surface area contributed by atoms with Gasteiger partial charge in [-0.25, -0.2) is 24.4 Å². The van der Waals surface area contributed by atoms with Crippen LogP contribution in [0.3, 0.4) is 0 Å². The number of hydrogen-bond acceptors (Lipinski definition) is 8. The smallest absolute Gasteiger partial charge is 0.439 e. The number of nitrogens with one attached hydrogen (secondary N) is 1. The van der Waals surface area contributed by atoms with Crippen LogP contribution in [0.4, 0.5) is 10.5 Å². The quantitative estimate of drug-likeness (QED) is 0.368. The van der Waals surface area contributed by atoms with Crippen molar-refractivity contribution < 1.29 is 19.1 Å². The molecule has 0 radical (unpaired) electrons. The minimum atomic E-state index is -1.19. The van der Waals surface area contributed by atoms with Crippen LogP contribution in [0.5, 0.6) is 11.6 Å². The fourth-order valence-electron chi connectivity index (χ4n) is 3.16. The third kappa shape index (κ3) is 6.53. The molecule has 0 atom stereocenters. The summed E-state index contributed by atoms with van der Waals surface area (Å²) in [6.45, 7) is 3.56. The molecule has 0 aliphatic heterocycles. The molecule has 0 saturated carbocycles. The first-order valence-electron chi connectivity index (χ1n) is 11.1. The van der Waals surface area contributed by atoms with Crippen molar-refractivity contribution in [2.45, 2.75) is 20.4 Å². The van der Waals surface area contributed by atoms with Gasteiger partial charge < -0.3 is 9.47 Å². The number of H-pyrrole nitrogens is 1. The Balaban J connectivity index is 1.72. The molecule has 2 aromatic carbocycles. The number of carbonyl (C=O) groups excluding carboxylic acids is 1. The molecule has 0 bridgehead atoms. The summed E-state index contributed by atoms with van der Waals surface area (Å²) in [7, 11) is 0. The van der Waals surface area contributed by atoms with Crippen molar-refractivity contribution in [1.29, 1.82) is 0 Å². The number of hydrogen-bond donors (Lipinski definition) is 1. The van der Waals surface area contributed by atoms with Crippen LogP contribution in [0, 0.1) is 6.92 Å². The second kappa shape index (κ2) is 11.4. The first kappa shape index (κ1) is 25.5. The van der Waals surface area contributed by atoms with Crippen molar-refractivity contribution in [3.05, 3.63) is 110 Å². The molecule has 2 heterocycles. The predicted molar refractivity (Wildman–Crippen MR) is 134 cm³/mol. The van der Waals surface area contributed by atoms with Crippen molar-refractivity contribution in [1.82, 2.24) is 19.3 Å². The second-order valence-electron chi connectivity index (χ2n) is 7.70. The Labute approximate surface area is 215 Å². The largest absolute Gasteiger partial charge is 0.534 e. The van der Waals surface area contributed by atoms with Crippen molar-refractivity contribution in [3.8, 4) is 11.6 Å². The van der Waals surface area contributed by atoms with Crippen LogP contribution in [0.15, 0.2) is 81.4 Å². The number of benzene rings is 2. The molecule has 0 aliphatic rings. The number of halogens is 1. The molecule has 2 aromatic heterocycles. The van der Waals surface area contributed by atoms with Gasteiger partial charge in [0.1, 0.15) is 5.75 Å². The zero-order valence-electron chi connectivity index (χ0n) is 19.9. The van der Waals surface area contributed by atoms with Gasteiger partial charge in [0.2, 0.25) is 11.5 Å². The van der Waals surface area contributed by atoms with E-state index in [1.807, 2.05) is 31.2 Å². The number of pyridine rings is 1. The summed E-state index contributed by atoms with van der Waals surface area (Å²) in [4.78, 5) is 53.3. The Hall–Kier alpha value is -4.64. The number of carbonyl (C=O) groups is 1. The summed E-state index contributed by atoms with van der Waals surface area (Å²) in [5.74, 6) is 0.854. The average Bonchev–Trinajstić information content (AvgIpc) is 2.88. The van der Waals surface area contributed by atoms with E-state index in [2.05, 4.69) is 19.7 Å². The third-order valence-electron chi connectivity index (χ3n) is 4.95. The topological polar surface area (TPSA) is 130 Å². The molecule has 0 unspecified atom stereocenters. The lowest BCUT2D eigenvalue weighted by molar-refractivity contribution is 0.0409. The highest BCUT2D eigenvalue weighted by Gasteiger charge is 2.15. The Morgan fingerprint density at radius 2 is 1.78 bits per heavy atom. The van der Waals surface area contributed by atoms with Gasteiger partial charge in [0.15, 0.2) is 0 Å². The van der Waals surface area contributed by atoms with Crippen LogP contribution in [0.1, 0.15) is 18.1 Å². The molecular weight excluding hydrogens is 502 g/mol. The molecule has 0 amide bonds. The number of aryl methyl sites for hydroxylation is 1. The highest BCUT2D eigenvalue weighted by molar-refractivity contribution is 6.30. The second-order valence-corrected chi connectivity index (χ2v) is 8.14. The van der Waals surface area contributed by atoms with Gasteiger partial charge in [-0.3, -0.25) is 14.4 Å². The molecule has 4 aromatic rings. The minimum absolute atomic E-state index is 0.00998. The zero-order valence-corrected chi connectivity index (χ0v) is 20.6. The number of aromatic amines is 1. The van der Waals surface area contributed by atoms with E-state index in [-0.39, 0.29) is 18.8 Å². The van der Waals surface area contributed by atoms with Crippen LogP contribution in [0.2, 0.25) is 5.02 Å². The van der Waals surface area contributed by atoms with Gasteiger partial charge in [0.05, 0.1) is 23.9 Å². The van der Waals surface area contributed by atoms with E-state index in [0.29, 0.717) is 27.1 Å². The van der Waals surface area contributed by atoms with E-state index in [1.165, 1.54) is 10.8 Å². The maximum Gasteiger partial charge on any atom is 0.534 e. The van der Waals surface area contributed by atoms with Crippen molar-refractivity contribution >= 4 is 23.4 Å². The third-order valence-corrected chi connectivity index (χ3v) is 5.17. The van der Waals surface area contributed by atoms with Gasteiger partial charge in [-0.2, -0.15) is 0 Å². The molecule has 0 saturated heterocycles. The Kier molecular flexibility index (Phi) is 7.84. The first-order chi connectivity index (χ1) is 17.8. The lowest BCUT2D eigenvalue weighted by Gasteiger charge is -2.11. The lowest BCUT2D eigenvalue weighted by atomic mass is 10.1. The fourth-order valence-corrected chi connectivity index (χ4v) is 3.27. The van der Waals surface area contributed by atoms with Crippen LogP contribution in [-0.2, 0) is 11.3 Å². The standard InChI is InChI=1S/C25H22ClN5O6/c1-3-35-25(34)37-31-23(32)29-22(30(24(31)33)15-17-6-4-16(2)5-7-17)28-19-9-11-20(12-10-19)36-21-13-8-18(26)14-27-21/h4-14H,3,15H2,1-2H3,(H,28,29,32). The van der Waals surface area contributed by atoms with Crippen molar-refractivity contribution in [2.75, 3.05) is 6.61 Å². The average molecular weight is 524 g/mol. The van der Waals surface area contributed by atoms with Gasteiger partial charge in [-0.05, 0) is 49.7 Å². The molecule has 11 nitrogen and oxygen atoms in total. The lowest BCUT2D eigenvalue weighted by Crippen LogP contribution is -2.53. The van der Waals surface area contributed by atoms with E-state index in [1.54, 1.807) is 43.3 Å². The van der Waals surface area contributed by atoms with Crippen LogP contribution in [0.25, 0.3) is 0 Å². The van der Waals surface area contributed by atoms with E-state index in [4.69, 9.17) is 21.2 Å². The van der Waals surface area contributed by atoms with Crippen LogP contribution >= 0.6 is 11.6 Å². The number of aromatic nitrogens is 4. The molecule has 0 aliphatic carbocycles. The maximum absolute atomic E-state index is 13.2. The monoisotopic (exact) mass is 523 g/mol. The summed E-state index contributed by atoms with van der Waals surface area (Å²) in [6, 6.07) is 17.3. The SMILES string of the molecule is CCOC(=O)On1c(=O)[nH]/c(=N\c2ccc(Oc3ccc(Cl)cn3)cc2)n(Cc2ccc(C)cc2)c1=O. The van der Waals surface area contributed by atoms with Crippen LogP contribution < -0.4 is 26.6 Å². The van der Waals surface area contributed by atoms with Crippen molar-refractivity contribution in [2.24, 2.45) is 4.99 Å². The molecule has 0 fully saturated rings. The summed E-state index contributed by atoms with van der Waals surface area (Å²) in [6.07, 6.45) is 0.282. The molecule has 1 N–H and O–H groups in total. The molecule has 37 heavy (non-hydrogen) atoms. The van der Waals surface area contributed by atoms with Gasteiger partial charge in [-0.1, -0.05) is 46.2 Å². The summed E-state index contributed by atoms with van der Waals surface area (Å²) >= 11 is 5.84. The number of ether oxygens (including phenoxy) is 2. The van der Waals surface area contributed by atoms with E-state index in [0.717, 1.165) is 11.1 Å². The van der Waals surface area contributed by atoms with E-state index >= 15 is 0 Å². The van der Waals surface area contributed by atoms with Gasteiger partial charge in [-0.15, -0.1) is 0 Å². The molecule has 12 heteroatoms. The zero-order chi connectivity index (χ0) is 26.4. The van der Waals surface area contributed by atoms with E-state index in [9.17, 15) is 14.4 Å². The molecule has 4 rings (SSSR count). The van der Waals surface area contributed by atoms with Gasteiger partial charge in [0.25, 0.3) is 0 Å². The van der Waals surface area contributed by atoms with Crippen LogP contribution in [-0.4, -0.2) is 32.0 Å². The summed E-state index contributed by atoms with van der Waals surface area (Å²) in [5.41, 5.74) is 0.272. The fraction of sp³-hybridized carbons (Fsp3) is 0.160. The summed E-state index contributed by atoms with van der Waals surface area (Å²) < 4.78 is 11.8. The van der Waals surface area contributed by atoms with E-state index < -0.39 is 17.5 Å². The molecular formula is C25H22ClN5O6. The summed E-state index contributed by atoms with van der Waals surface area (Å²) in [5, 5.41) is 0.490. The maximum atomic E-state index is 13.2. The normalized spacial score (nSPS) is 11.3. The minimum Gasteiger partial charge on any atom is -0.439 e. The number of nitrogens with zero attached hydrogens (tertiary/aromatic N) is 4. The van der Waals surface area contributed by atoms with Gasteiger partial charge >= 0.3 is 17.5 Å². The molecule has 190 valence electrons. The number of rotatable bonds is 7. The highest BCUT2D eigenvalue weighted by Crippen LogP contribution is 2.23. The van der Waals surface area contributed by atoms with Crippen molar-refractivity contribution in [3.63, 3.8) is 0 Å².